The van der Waals surface area contributed by atoms with Crippen LogP contribution in [0.4, 0.5) is 0 Å². The Morgan fingerprint density at radius 2 is 1.48 bits per heavy atom. The lowest BCUT2D eigenvalue weighted by Gasteiger charge is -2.28. The molecule has 2 aliphatic rings. The Morgan fingerprint density at radius 1 is 1.00 bits per heavy atom. The Labute approximate surface area is 186 Å². The predicted molar refractivity (Wildman–Crippen MR) is 123 cm³/mol. The number of sulfonamides is 1. The van der Waals surface area contributed by atoms with Crippen molar-refractivity contribution in [1.29, 1.82) is 0 Å². The highest BCUT2D eigenvalue weighted by atomic mass is 32.2. The molecule has 1 N–H and O–H groups in total. The summed E-state index contributed by atoms with van der Waals surface area (Å²) in [6.07, 6.45) is 0.436. The normalized spacial score (nSPS) is 21.8. The second kappa shape index (κ2) is 9.28. The van der Waals surface area contributed by atoms with Crippen LogP contribution in [0.25, 0.3) is 0 Å². The zero-order valence-corrected chi connectivity index (χ0v) is 20.2. The van der Waals surface area contributed by atoms with Gasteiger partial charge in [-0.3, -0.25) is 0 Å². The van der Waals surface area contributed by atoms with E-state index in [0.29, 0.717) is 43.3 Å². The van der Waals surface area contributed by atoms with Crippen LogP contribution in [0.1, 0.15) is 46.6 Å². The van der Waals surface area contributed by atoms with Gasteiger partial charge in [-0.15, -0.1) is 0 Å². The lowest BCUT2D eigenvalue weighted by Crippen LogP contribution is -2.40. The molecule has 2 heterocycles. The van der Waals surface area contributed by atoms with Gasteiger partial charge in [-0.2, -0.15) is 0 Å². The average molecular weight is 450 g/mol. The van der Waals surface area contributed by atoms with Crippen molar-refractivity contribution in [3.8, 4) is 0 Å². The second-order valence-electron chi connectivity index (χ2n) is 9.41. The van der Waals surface area contributed by atoms with E-state index in [1.807, 2.05) is 13.8 Å². The van der Waals surface area contributed by atoms with Crippen molar-refractivity contribution in [2.75, 3.05) is 19.8 Å². The van der Waals surface area contributed by atoms with Crippen molar-refractivity contribution in [2.45, 2.75) is 64.9 Å². The number of hydrogen-bond donors (Lipinski definition) is 1. The maximum Gasteiger partial charge on any atom is 0.240 e. The lowest BCUT2D eigenvalue weighted by molar-refractivity contribution is 0.240. The number of aryl methyl sites for hydroxylation is 1. The van der Waals surface area contributed by atoms with E-state index in [0.717, 1.165) is 5.56 Å². The Hall–Kier alpha value is -1.93. The van der Waals surface area contributed by atoms with Gasteiger partial charge in [0.05, 0.1) is 17.0 Å². The van der Waals surface area contributed by atoms with Crippen LogP contribution in [-0.4, -0.2) is 52.1 Å². The number of ether oxygens (including phenoxy) is 2. The summed E-state index contributed by atoms with van der Waals surface area (Å²) in [4.78, 5) is 9.88. The summed E-state index contributed by atoms with van der Waals surface area (Å²) in [6, 6.07) is 6.98. The summed E-state index contributed by atoms with van der Waals surface area (Å²) < 4.78 is 40.1. The van der Waals surface area contributed by atoms with E-state index in [-0.39, 0.29) is 23.5 Å². The van der Waals surface area contributed by atoms with E-state index in [4.69, 9.17) is 19.5 Å². The van der Waals surface area contributed by atoms with Gasteiger partial charge in [0.1, 0.15) is 18.6 Å². The molecule has 1 aromatic rings. The molecule has 31 heavy (non-hydrogen) atoms. The molecule has 3 rings (SSSR count). The first-order valence-corrected chi connectivity index (χ1v) is 12.5. The molecule has 2 atom stereocenters. The maximum atomic E-state index is 12.7. The number of nitrogens with zero attached hydrogens (tertiary/aromatic N) is 2. The molecule has 0 unspecified atom stereocenters. The fraction of sp³-hybridized carbons (Fsp3) is 0.652. The van der Waals surface area contributed by atoms with Crippen molar-refractivity contribution in [2.24, 2.45) is 27.2 Å². The minimum Gasteiger partial charge on any atom is -0.478 e. The van der Waals surface area contributed by atoms with Gasteiger partial charge in [-0.1, -0.05) is 45.4 Å². The summed E-state index contributed by atoms with van der Waals surface area (Å²) in [5.74, 6) is 1.89. The molecule has 0 bridgehead atoms. The first-order valence-electron chi connectivity index (χ1n) is 11.0. The van der Waals surface area contributed by atoms with Crippen molar-refractivity contribution >= 4 is 21.8 Å². The fourth-order valence-electron chi connectivity index (χ4n) is 3.61. The minimum absolute atomic E-state index is 0.0847. The quantitative estimate of drug-likeness (QED) is 0.624. The topological polar surface area (TPSA) is 89.4 Å². The van der Waals surface area contributed by atoms with E-state index < -0.39 is 15.4 Å². The van der Waals surface area contributed by atoms with Gasteiger partial charge in [0.15, 0.2) is 11.8 Å². The number of rotatable bonds is 9. The van der Waals surface area contributed by atoms with Gasteiger partial charge in [0.2, 0.25) is 10.0 Å². The van der Waals surface area contributed by atoms with Crippen molar-refractivity contribution in [3.05, 3.63) is 29.8 Å². The van der Waals surface area contributed by atoms with Gasteiger partial charge in [-0.05, 0) is 44.2 Å². The van der Waals surface area contributed by atoms with E-state index >= 15 is 0 Å². The molecule has 2 aliphatic heterocycles. The highest BCUT2D eigenvalue weighted by Crippen LogP contribution is 2.34. The Kier molecular flexibility index (Phi) is 7.11. The molecule has 0 amide bonds. The van der Waals surface area contributed by atoms with Gasteiger partial charge in [0, 0.05) is 6.54 Å². The third kappa shape index (κ3) is 5.29. The third-order valence-corrected chi connectivity index (χ3v) is 7.56. The molecule has 7 nitrogen and oxygen atoms in total. The molecule has 0 saturated heterocycles. The van der Waals surface area contributed by atoms with Crippen LogP contribution in [0.2, 0.25) is 0 Å². The van der Waals surface area contributed by atoms with Gasteiger partial charge in [-0.25, -0.2) is 23.1 Å². The Morgan fingerprint density at radius 3 is 1.90 bits per heavy atom. The highest BCUT2D eigenvalue weighted by Gasteiger charge is 2.45. The predicted octanol–water partition coefficient (Wildman–Crippen LogP) is 3.58. The zero-order valence-electron chi connectivity index (χ0n) is 19.4. The average Bonchev–Trinajstić information content (AvgIpc) is 3.39. The molecular weight excluding hydrogens is 414 g/mol. The zero-order chi connectivity index (χ0) is 22.8. The standard InChI is InChI=1S/C23H35N3O4S/c1-15(2)19-13-29-21(25-19)23(6,22-26-20(14-30-22)16(3)4)11-12-24-31(27,28)18-9-7-17(5)8-10-18/h7-10,15-16,19-20,24H,11-14H2,1-6H3/t19-,20-/m1/s1. The highest BCUT2D eigenvalue weighted by molar-refractivity contribution is 7.89. The van der Waals surface area contributed by atoms with E-state index in [1.165, 1.54) is 0 Å². The summed E-state index contributed by atoms with van der Waals surface area (Å²) in [5.41, 5.74) is 0.294. The van der Waals surface area contributed by atoms with Crippen LogP contribution in [0.15, 0.2) is 39.1 Å². The summed E-state index contributed by atoms with van der Waals surface area (Å²) in [7, 11) is -3.61. The van der Waals surface area contributed by atoms with Crippen LogP contribution in [0, 0.1) is 24.2 Å². The largest absolute Gasteiger partial charge is 0.478 e. The molecule has 172 valence electrons. The first-order chi connectivity index (χ1) is 14.5. The smallest absolute Gasteiger partial charge is 0.240 e. The van der Waals surface area contributed by atoms with Gasteiger partial charge >= 0.3 is 0 Å². The van der Waals surface area contributed by atoms with Crippen LogP contribution in [0.5, 0.6) is 0 Å². The third-order valence-electron chi connectivity index (χ3n) is 6.08. The summed E-state index contributed by atoms with van der Waals surface area (Å²) in [5, 5.41) is 0. The molecule has 1 aromatic carbocycles. The minimum atomic E-state index is -3.61. The van der Waals surface area contributed by atoms with Crippen molar-refractivity contribution in [1.82, 2.24) is 4.72 Å². The lowest BCUT2D eigenvalue weighted by atomic mass is 9.86. The molecule has 0 saturated carbocycles. The van der Waals surface area contributed by atoms with Crippen LogP contribution >= 0.6 is 0 Å². The van der Waals surface area contributed by atoms with Crippen LogP contribution in [0.3, 0.4) is 0 Å². The Balaban J connectivity index is 1.80. The number of hydrogen-bond acceptors (Lipinski definition) is 6. The molecule has 0 spiro atoms. The second-order valence-corrected chi connectivity index (χ2v) is 11.2. The Bertz CT molecular complexity index is 902. The van der Waals surface area contributed by atoms with Gasteiger partial charge < -0.3 is 9.47 Å². The SMILES string of the molecule is Cc1ccc(S(=O)(=O)NCCC(C)(C2=N[C@@H](C(C)C)CO2)C2=N[C@@H](C(C)C)CO2)cc1. The maximum absolute atomic E-state index is 12.7. The van der Waals surface area contributed by atoms with E-state index in [1.54, 1.807) is 24.3 Å². The van der Waals surface area contributed by atoms with Crippen LogP contribution < -0.4 is 4.72 Å². The number of nitrogens with one attached hydrogen (secondary N) is 1. The molecule has 0 fully saturated rings. The number of aliphatic imine (C=N–C) groups is 2. The first kappa shape index (κ1) is 23.7. The molecule has 8 heteroatoms. The molecule has 0 aromatic heterocycles. The van der Waals surface area contributed by atoms with Crippen molar-refractivity contribution in [3.63, 3.8) is 0 Å². The van der Waals surface area contributed by atoms with E-state index in [9.17, 15) is 8.42 Å². The van der Waals surface area contributed by atoms with E-state index in [2.05, 4.69) is 32.4 Å². The fourth-order valence-corrected chi connectivity index (χ4v) is 4.64. The summed E-state index contributed by atoms with van der Waals surface area (Å²) >= 11 is 0. The molecular formula is C23H35N3O4S. The number of benzene rings is 1. The molecule has 0 radical (unpaired) electrons. The van der Waals surface area contributed by atoms with Crippen molar-refractivity contribution < 1.29 is 17.9 Å². The van der Waals surface area contributed by atoms with Gasteiger partial charge in [0.25, 0.3) is 0 Å². The monoisotopic (exact) mass is 449 g/mol. The molecule has 0 aliphatic carbocycles. The van der Waals surface area contributed by atoms with Crippen LogP contribution in [-0.2, 0) is 19.5 Å². The summed E-state index contributed by atoms with van der Waals surface area (Å²) in [6.45, 7) is 13.6.